The maximum absolute atomic E-state index is 5.57. The van der Waals surface area contributed by atoms with Crippen molar-refractivity contribution in [2.24, 2.45) is 5.92 Å². The summed E-state index contributed by atoms with van der Waals surface area (Å²) in [5.41, 5.74) is 1.21. The first-order valence-electron chi connectivity index (χ1n) is 6.61. The number of hydrogen-bond acceptors (Lipinski definition) is 3. The van der Waals surface area contributed by atoms with E-state index in [0.29, 0.717) is 18.6 Å². The Morgan fingerprint density at radius 1 is 1.17 bits per heavy atom. The average molecular weight is 251 g/mol. The van der Waals surface area contributed by atoms with Gasteiger partial charge < -0.3 is 14.8 Å². The molecule has 1 rings (SSSR count). The summed E-state index contributed by atoms with van der Waals surface area (Å²) < 4.78 is 10.8. The largest absolute Gasteiger partial charge is 0.493 e. The first kappa shape index (κ1) is 14.8. The maximum Gasteiger partial charge on any atom is 0.161 e. The van der Waals surface area contributed by atoms with Gasteiger partial charge >= 0.3 is 0 Å². The molecule has 1 atom stereocenters. The van der Waals surface area contributed by atoms with Gasteiger partial charge in [0.25, 0.3) is 0 Å². The molecule has 0 aliphatic carbocycles. The van der Waals surface area contributed by atoms with Crippen molar-refractivity contribution in [1.29, 1.82) is 0 Å². The van der Waals surface area contributed by atoms with Gasteiger partial charge in [0.1, 0.15) is 0 Å². The van der Waals surface area contributed by atoms with Gasteiger partial charge in [-0.2, -0.15) is 0 Å². The van der Waals surface area contributed by atoms with Gasteiger partial charge in [-0.15, -0.1) is 0 Å². The summed E-state index contributed by atoms with van der Waals surface area (Å²) in [5.74, 6) is 2.24. The van der Waals surface area contributed by atoms with Crippen molar-refractivity contribution < 1.29 is 9.47 Å². The van der Waals surface area contributed by atoms with E-state index in [-0.39, 0.29) is 0 Å². The van der Waals surface area contributed by atoms with E-state index in [9.17, 15) is 0 Å². The lowest BCUT2D eigenvalue weighted by atomic mass is 10.1. The van der Waals surface area contributed by atoms with E-state index in [1.807, 2.05) is 19.1 Å². The molecule has 0 amide bonds. The molecule has 0 bridgehead atoms. The second-order valence-corrected chi connectivity index (χ2v) is 4.83. The summed E-state index contributed by atoms with van der Waals surface area (Å²) in [7, 11) is 1.66. The Morgan fingerprint density at radius 2 is 1.89 bits per heavy atom. The first-order valence-corrected chi connectivity index (χ1v) is 6.61. The Labute approximate surface area is 110 Å². The monoisotopic (exact) mass is 251 g/mol. The summed E-state index contributed by atoms with van der Waals surface area (Å²) >= 11 is 0. The number of methoxy groups -OCH3 is 1. The third-order valence-corrected chi connectivity index (χ3v) is 3.16. The van der Waals surface area contributed by atoms with Gasteiger partial charge in [0.05, 0.1) is 13.7 Å². The highest BCUT2D eigenvalue weighted by Gasteiger charge is 2.08. The lowest BCUT2D eigenvalue weighted by Gasteiger charge is -2.18. The summed E-state index contributed by atoms with van der Waals surface area (Å²) in [5, 5.41) is 3.51. The topological polar surface area (TPSA) is 30.5 Å². The Balaban J connectivity index is 2.69. The van der Waals surface area contributed by atoms with Crippen LogP contribution in [-0.2, 0) is 6.54 Å². The van der Waals surface area contributed by atoms with E-state index in [4.69, 9.17) is 9.47 Å². The van der Waals surface area contributed by atoms with Gasteiger partial charge in [-0.05, 0) is 37.5 Å². The van der Waals surface area contributed by atoms with E-state index < -0.39 is 0 Å². The molecule has 0 heterocycles. The number of rotatable bonds is 7. The molecule has 0 radical (unpaired) electrons. The molecule has 0 aromatic heterocycles. The smallest absolute Gasteiger partial charge is 0.161 e. The zero-order chi connectivity index (χ0) is 13.5. The molecule has 0 saturated carbocycles. The third kappa shape index (κ3) is 4.22. The molecule has 1 unspecified atom stereocenters. The van der Waals surface area contributed by atoms with Crippen LogP contribution in [-0.4, -0.2) is 19.8 Å². The van der Waals surface area contributed by atoms with Crippen LogP contribution in [0.3, 0.4) is 0 Å². The van der Waals surface area contributed by atoms with E-state index in [1.54, 1.807) is 7.11 Å². The number of ether oxygens (including phenoxy) is 2. The fourth-order valence-electron chi connectivity index (χ4n) is 1.61. The second-order valence-electron chi connectivity index (χ2n) is 4.83. The number of benzene rings is 1. The normalized spacial score (nSPS) is 12.6. The molecular weight excluding hydrogens is 226 g/mol. The highest BCUT2D eigenvalue weighted by atomic mass is 16.5. The summed E-state index contributed by atoms with van der Waals surface area (Å²) in [6, 6.07) is 6.58. The molecule has 1 N–H and O–H groups in total. The molecule has 0 aliphatic rings. The molecule has 3 heteroatoms. The van der Waals surface area contributed by atoms with Crippen molar-refractivity contribution in [3.63, 3.8) is 0 Å². The van der Waals surface area contributed by atoms with E-state index in [1.165, 1.54) is 5.56 Å². The summed E-state index contributed by atoms with van der Waals surface area (Å²) in [6.07, 6.45) is 0. The molecule has 0 aliphatic heterocycles. The number of hydrogen-bond donors (Lipinski definition) is 1. The van der Waals surface area contributed by atoms with Gasteiger partial charge in [-0.1, -0.05) is 19.9 Å². The molecule has 3 nitrogen and oxygen atoms in total. The van der Waals surface area contributed by atoms with Crippen molar-refractivity contribution in [3.05, 3.63) is 23.8 Å². The first-order chi connectivity index (χ1) is 8.58. The third-order valence-electron chi connectivity index (χ3n) is 3.16. The molecule has 0 saturated heterocycles. The molecule has 102 valence electrons. The van der Waals surface area contributed by atoms with Crippen LogP contribution in [0.15, 0.2) is 18.2 Å². The summed E-state index contributed by atoms with van der Waals surface area (Å²) in [4.78, 5) is 0. The van der Waals surface area contributed by atoms with Crippen molar-refractivity contribution in [2.45, 2.75) is 40.3 Å². The lowest BCUT2D eigenvalue weighted by molar-refractivity contribution is 0.310. The quantitative estimate of drug-likeness (QED) is 0.807. The van der Waals surface area contributed by atoms with Crippen molar-refractivity contribution in [1.82, 2.24) is 5.32 Å². The van der Waals surface area contributed by atoms with Crippen LogP contribution >= 0.6 is 0 Å². The molecule has 1 aromatic rings. The van der Waals surface area contributed by atoms with Gasteiger partial charge in [-0.3, -0.25) is 0 Å². The van der Waals surface area contributed by atoms with Crippen molar-refractivity contribution >= 4 is 0 Å². The minimum Gasteiger partial charge on any atom is -0.493 e. The zero-order valence-corrected chi connectivity index (χ0v) is 12.1. The Morgan fingerprint density at radius 3 is 2.44 bits per heavy atom. The average Bonchev–Trinajstić information content (AvgIpc) is 2.36. The molecular formula is C15H25NO2. The molecule has 18 heavy (non-hydrogen) atoms. The van der Waals surface area contributed by atoms with E-state index in [2.05, 4.69) is 32.2 Å². The standard InChI is InChI=1S/C15H25NO2/c1-6-18-15-9-13(7-8-14(15)17-5)10-16-12(4)11(2)3/h7-9,11-12,16H,6,10H2,1-5H3. The lowest BCUT2D eigenvalue weighted by Crippen LogP contribution is -2.30. The second kappa shape index (κ2) is 7.27. The Kier molecular flexibility index (Phi) is 5.99. The highest BCUT2D eigenvalue weighted by molar-refractivity contribution is 5.42. The predicted octanol–water partition coefficient (Wildman–Crippen LogP) is 3.23. The van der Waals surface area contributed by atoms with E-state index in [0.717, 1.165) is 18.0 Å². The highest BCUT2D eigenvalue weighted by Crippen LogP contribution is 2.28. The van der Waals surface area contributed by atoms with Crippen LogP contribution in [0.4, 0.5) is 0 Å². The molecule has 0 fully saturated rings. The van der Waals surface area contributed by atoms with Crippen molar-refractivity contribution in [2.75, 3.05) is 13.7 Å². The van der Waals surface area contributed by atoms with Gasteiger partial charge in [0.2, 0.25) is 0 Å². The van der Waals surface area contributed by atoms with Gasteiger partial charge in [-0.25, -0.2) is 0 Å². The predicted molar refractivity (Wildman–Crippen MR) is 75.3 cm³/mol. The number of nitrogens with one attached hydrogen (secondary N) is 1. The van der Waals surface area contributed by atoms with Crippen LogP contribution < -0.4 is 14.8 Å². The maximum atomic E-state index is 5.57. The van der Waals surface area contributed by atoms with Gasteiger partial charge in [0.15, 0.2) is 11.5 Å². The minimum atomic E-state index is 0.502. The van der Waals surface area contributed by atoms with Crippen LogP contribution in [0.1, 0.15) is 33.3 Å². The SMILES string of the molecule is CCOc1cc(CNC(C)C(C)C)ccc1OC. The Hall–Kier alpha value is -1.22. The van der Waals surface area contributed by atoms with Gasteiger partial charge in [0, 0.05) is 12.6 Å². The van der Waals surface area contributed by atoms with E-state index >= 15 is 0 Å². The fraction of sp³-hybridized carbons (Fsp3) is 0.600. The minimum absolute atomic E-state index is 0.502. The van der Waals surface area contributed by atoms with Crippen LogP contribution in [0, 0.1) is 5.92 Å². The van der Waals surface area contributed by atoms with Crippen LogP contribution in [0.5, 0.6) is 11.5 Å². The molecule has 0 spiro atoms. The van der Waals surface area contributed by atoms with Crippen LogP contribution in [0.2, 0.25) is 0 Å². The zero-order valence-electron chi connectivity index (χ0n) is 12.1. The van der Waals surface area contributed by atoms with Crippen LogP contribution in [0.25, 0.3) is 0 Å². The fourth-order valence-corrected chi connectivity index (χ4v) is 1.61. The summed E-state index contributed by atoms with van der Waals surface area (Å²) in [6.45, 7) is 10.1. The van der Waals surface area contributed by atoms with Crippen molar-refractivity contribution in [3.8, 4) is 11.5 Å². The Bertz CT molecular complexity index is 364. The molecule has 1 aromatic carbocycles.